The van der Waals surface area contributed by atoms with Crippen molar-refractivity contribution < 1.29 is 9.90 Å². The molecule has 1 unspecified atom stereocenters. The summed E-state index contributed by atoms with van der Waals surface area (Å²) in [4.78, 5) is 10.8. The van der Waals surface area contributed by atoms with Crippen LogP contribution in [-0.2, 0) is 6.42 Å². The van der Waals surface area contributed by atoms with Crippen molar-refractivity contribution in [3.63, 3.8) is 0 Å². The lowest BCUT2D eigenvalue weighted by molar-refractivity contribution is 0.0697. The van der Waals surface area contributed by atoms with Gasteiger partial charge in [0.2, 0.25) is 0 Å². The van der Waals surface area contributed by atoms with E-state index in [9.17, 15) is 4.79 Å². The van der Waals surface area contributed by atoms with Gasteiger partial charge in [-0.15, -0.1) is 0 Å². The Morgan fingerprint density at radius 1 is 1.14 bits per heavy atom. The van der Waals surface area contributed by atoms with Gasteiger partial charge in [-0.3, -0.25) is 0 Å². The standard InChI is InChI=1S/C16H15Cl2NO2/c17-13-5-6-14(15(18)8-13)12(9-19)7-10-1-3-11(4-2-10)16(20)21/h1-6,8,12H,7,9,19H2,(H,20,21). The molecule has 0 heterocycles. The smallest absolute Gasteiger partial charge is 0.335 e. The number of halogens is 2. The van der Waals surface area contributed by atoms with E-state index in [2.05, 4.69) is 0 Å². The molecule has 3 nitrogen and oxygen atoms in total. The average molecular weight is 324 g/mol. The van der Waals surface area contributed by atoms with E-state index < -0.39 is 5.97 Å². The Hall–Kier alpha value is -1.55. The molecule has 3 N–H and O–H groups in total. The molecule has 0 radical (unpaired) electrons. The van der Waals surface area contributed by atoms with Gasteiger partial charge in [0, 0.05) is 16.0 Å². The monoisotopic (exact) mass is 323 g/mol. The van der Waals surface area contributed by atoms with Crippen LogP contribution >= 0.6 is 23.2 Å². The molecule has 0 bridgehead atoms. The van der Waals surface area contributed by atoms with Crippen molar-refractivity contribution in [3.05, 3.63) is 69.2 Å². The minimum absolute atomic E-state index is 0.0606. The topological polar surface area (TPSA) is 63.3 Å². The van der Waals surface area contributed by atoms with Crippen molar-refractivity contribution in [2.45, 2.75) is 12.3 Å². The van der Waals surface area contributed by atoms with Crippen molar-refractivity contribution >= 4 is 29.2 Å². The van der Waals surface area contributed by atoms with E-state index in [1.807, 2.05) is 6.07 Å². The van der Waals surface area contributed by atoms with Crippen LogP contribution in [0.25, 0.3) is 0 Å². The molecule has 2 aromatic carbocycles. The van der Waals surface area contributed by atoms with Crippen LogP contribution in [0.1, 0.15) is 27.4 Å². The quantitative estimate of drug-likeness (QED) is 0.874. The van der Waals surface area contributed by atoms with Crippen LogP contribution < -0.4 is 5.73 Å². The maximum absolute atomic E-state index is 10.8. The fourth-order valence-electron chi connectivity index (χ4n) is 2.22. The largest absolute Gasteiger partial charge is 0.478 e. The highest BCUT2D eigenvalue weighted by Gasteiger charge is 2.14. The third-order valence-corrected chi connectivity index (χ3v) is 3.93. The van der Waals surface area contributed by atoms with Gasteiger partial charge in [0.15, 0.2) is 0 Å². The van der Waals surface area contributed by atoms with Crippen LogP contribution in [0.2, 0.25) is 10.0 Å². The lowest BCUT2D eigenvalue weighted by atomic mass is 9.91. The maximum atomic E-state index is 10.8. The van der Waals surface area contributed by atoms with E-state index in [0.29, 0.717) is 23.0 Å². The summed E-state index contributed by atoms with van der Waals surface area (Å²) in [6, 6.07) is 12.2. The molecule has 2 aromatic rings. The number of carbonyl (C=O) groups is 1. The van der Waals surface area contributed by atoms with Crippen LogP contribution in [0.4, 0.5) is 0 Å². The molecule has 110 valence electrons. The molecule has 0 saturated carbocycles. The van der Waals surface area contributed by atoms with E-state index in [1.54, 1.807) is 36.4 Å². The van der Waals surface area contributed by atoms with Crippen LogP contribution in [0.15, 0.2) is 42.5 Å². The molecule has 2 rings (SSSR count). The van der Waals surface area contributed by atoms with Gasteiger partial charge in [0.25, 0.3) is 0 Å². The third-order valence-electron chi connectivity index (χ3n) is 3.37. The Bertz CT molecular complexity index is 641. The summed E-state index contributed by atoms with van der Waals surface area (Å²) in [6.45, 7) is 0.446. The van der Waals surface area contributed by atoms with Crippen LogP contribution in [0, 0.1) is 0 Å². The normalized spacial score (nSPS) is 12.1. The van der Waals surface area contributed by atoms with E-state index >= 15 is 0 Å². The van der Waals surface area contributed by atoms with Gasteiger partial charge < -0.3 is 10.8 Å². The highest BCUT2D eigenvalue weighted by molar-refractivity contribution is 6.35. The molecular formula is C16H15Cl2NO2. The average Bonchev–Trinajstić information content (AvgIpc) is 2.46. The van der Waals surface area contributed by atoms with Gasteiger partial charge in [-0.2, -0.15) is 0 Å². The molecular weight excluding hydrogens is 309 g/mol. The van der Waals surface area contributed by atoms with Crippen LogP contribution in [0.5, 0.6) is 0 Å². The van der Waals surface area contributed by atoms with E-state index in [4.69, 9.17) is 34.0 Å². The summed E-state index contributed by atoms with van der Waals surface area (Å²) in [7, 11) is 0. The third kappa shape index (κ3) is 3.97. The summed E-state index contributed by atoms with van der Waals surface area (Å²) in [5.74, 6) is -0.872. The fraction of sp³-hybridized carbons (Fsp3) is 0.188. The van der Waals surface area contributed by atoms with E-state index in [-0.39, 0.29) is 11.5 Å². The van der Waals surface area contributed by atoms with Gasteiger partial charge in [0.05, 0.1) is 5.56 Å². The maximum Gasteiger partial charge on any atom is 0.335 e. The second kappa shape index (κ2) is 6.94. The number of benzene rings is 2. The second-order valence-corrected chi connectivity index (χ2v) is 5.65. The number of aromatic carboxylic acids is 1. The number of carboxylic acid groups (broad SMARTS) is 1. The number of hydrogen-bond donors (Lipinski definition) is 2. The first kappa shape index (κ1) is 15.8. The molecule has 5 heteroatoms. The second-order valence-electron chi connectivity index (χ2n) is 4.80. The predicted molar refractivity (Wildman–Crippen MR) is 85.4 cm³/mol. The molecule has 0 aliphatic heterocycles. The highest BCUT2D eigenvalue weighted by atomic mass is 35.5. The molecule has 0 aliphatic carbocycles. The number of rotatable bonds is 5. The molecule has 0 aromatic heterocycles. The Morgan fingerprint density at radius 2 is 1.81 bits per heavy atom. The number of nitrogens with two attached hydrogens (primary N) is 1. The summed E-state index contributed by atoms with van der Waals surface area (Å²) >= 11 is 12.1. The van der Waals surface area contributed by atoms with Gasteiger partial charge >= 0.3 is 5.97 Å². The number of carboxylic acids is 1. The van der Waals surface area contributed by atoms with E-state index in [0.717, 1.165) is 11.1 Å². The minimum Gasteiger partial charge on any atom is -0.478 e. The molecule has 1 atom stereocenters. The molecule has 0 spiro atoms. The van der Waals surface area contributed by atoms with E-state index in [1.165, 1.54) is 0 Å². The van der Waals surface area contributed by atoms with Crippen LogP contribution in [-0.4, -0.2) is 17.6 Å². The van der Waals surface area contributed by atoms with Gasteiger partial charge in [-0.25, -0.2) is 4.79 Å². The summed E-state index contributed by atoms with van der Waals surface area (Å²) in [5, 5.41) is 10.1. The minimum atomic E-state index is -0.933. The molecule has 21 heavy (non-hydrogen) atoms. The van der Waals surface area contributed by atoms with Crippen LogP contribution in [0.3, 0.4) is 0 Å². The SMILES string of the molecule is NCC(Cc1ccc(C(=O)O)cc1)c1ccc(Cl)cc1Cl. The zero-order chi connectivity index (χ0) is 15.4. The Balaban J connectivity index is 2.20. The first-order valence-electron chi connectivity index (χ1n) is 6.48. The number of hydrogen-bond acceptors (Lipinski definition) is 2. The molecule has 0 amide bonds. The summed E-state index contributed by atoms with van der Waals surface area (Å²) in [6.07, 6.45) is 0.692. The highest BCUT2D eigenvalue weighted by Crippen LogP contribution is 2.29. The predicted octanol–water partition coefficient (Wildman–Crippen LogP) is 3.98. The summed E-state index contributed by atoms with van der Waals surface area (Å²) in [5.41, 5.74) is 8.09. The molecule has 0 saturated heterocycles. The van der Waals surface area contributed by atoms with Crippen molar-refractivity contribution in [3.8, 4) is 0 Å². The zero-order valence-corrected chi connectivity index (χ0v) is 12.7. The van der Waals surface area contributed by atoms with Crippen molar-refractivity contribution in [1.82, 2.24) is 0 Å². The Labute approximate surface area is 133 Å². The molecule has 0 aliphatic rings. The van der Waals surface area contributed by atoms with Crippen molar-refractivity contribution in [1.29, 1.82) is 0 Å². The first-order chi connectivity index (χ1) is 10.0. The van der Waals surface area contributed by atoms with Gasteiger partial charge in [-0.05, 0) is 48.4 Å². The van der Waals surface area contributed by atoms with Gasteiger partial charge in [0.1, 0.15) is 0 Å². The fourth-order valence-corrected chi connectivity index (χ4v) is 2.78. The van der Waals surface area contributed by atoms with Crippen molar-refractivity contribution in [2.75, 3.05) is 6.54 Å². The van der Waals surface area contributed by atoms with Gasteiger partial charge in [-0.1, -0.05) is 41.4 Å². The Kier molecular flexibility index (Phi) is 5.23. The van der Waals surface area contributed by atoms with Crippen molar-refractivity contribution in [2.24, 2.45) is 5.73 Å². The molecule has 0 fully saturated rings. The lowest BCUT2D eigenvalue weighted by Crippen LogP contribution is -2.15. The zero-order valence-electron chi connectivity index (χ0n) is 11.2. The summed E-state index contributed by atoms with van der Waals surface area (Å²) < 4.78 is 0. The lowest BCUT2D eigenvalue weighted by Gasteiger charge is -2.17. The first-order valence-corrected chi connectivity index (χ1v) is 7.24. The Morgan fingerprint density at radius 3 is 2.33 bits per heavy atom.